The number of nitrogens with two attached hydrogens (primary N) is 1. The van der Waals surface area contributed by atoms with Gasteiger partial charge in [-0.25, -0.2) is 4.98 Å². The van der Waals surface area contributed by atoms with Crippen LogP contribution < -0.4 is 15.8 Å². The highest BCUT2D eigenvalue weighted by Crippen LogP contribution is 2.30. The Hall–Kier alpha value is -1.75. The van der Waals surface area contributed by atoms with Crippen molar-refractivity contribution in [3.8, 4) is 5.75 Å². The lowest BCUT2D eigenvalue weighted by Crippen LogP contribution is -1.99. The molecule has 1 aromatic carbocycles. The standard InChI is InChI=1S/C13H14BrN3O/c1-8-11(15)7-16-13(12(8)14)17-9-4-3-5-10(6-9)18-2/h3-7H,15H2,1-2H3,(H,16,17). The molecule has 2 rings (SSSR count). The van der Waals surface area contributed by atoms with E-state index >= 15 is 0 Å². The van der Waals surface area contributed by atoms with E-state index in [9.17, 15) is 0 Å². The molecule has 0 aliphatic carbocycles. The molecule has 0 unspecified atom stereocenters. The monoisotopic (exact) mass is 307 g/mol. The minimum Gasteiger partial charge on any atom is -0.497 e. The van der Waals surface area contributed by atoms with Gasteiger partial charge in [-0.15, -0.1) is 0 Å². The third-order valence-electron chi connectivity index (χ3n) is 2.64. The first-order valence-electron chi connectivity index (χ1n) is 5.43. The van der Waals surface area contributed by atoms with Gasteiger partial charge in [0.2, 0.25) is 0 Å². The van der Waals surface area contributed by atoms with E-state index in [2.05, 4.69) is 26.2 Å². The van der Waals surface area contributed by atoms with E-state index in [-0.39, 0.29) is 0 Å². The minimum absolute atomic E-state index is 0.665. The van der Waals surface area contributed by atoms with E-state index in [0.29, 0.717) is 5.69 Å². The molecule has 94 valence electrons. The minimum atomic E-state index is 0.665. The number of methoxy groups -OCH3 is 1. The van der Waals surface area contributed by atoms with Crippen molar-refractivity contribution < 1.29 is 4.74 Å². The van der Waals surface area contributed by atoms with Crippen LogP contribution >= 0.6 is 15.9 Å². The fourth-order valence-corrected chi connectivity index (χ4v) is 1.95. The van der Waals surface area contributed by atoms with E-state index < -0.39 is 0 Å². The van der Waals surface area contributed by atoms with Crippen LogP contribution in [0, 0.1) is 6.92 Å². The van der Waals surface area contributed by atoms with E-state index in [4.69, 9.17) is 10.5 Å². The van der Waals surface area contributed by atoms with Crippen molar-refractivity contribution in [3.63, 3.8) is 0 Å². The van der Waals surface area contributed by atoms with Crippen LogP contribution in [0.4, 0.5) is 17.2 Å². The summed E-state index contributed by atoms with van der Waals surface area (Å²) in [5.41, 5.74) is 8.33. The molecule has 0 aliphatic rings. The SMILES string of the molecule is COc1cccc(Nc2ncc(N)c(C)c2Br)c1. The quantitative estimate of drug-likeness (QED) is 0.911. The van der Waals surface area contributed by atoms with Crippen LogP contribution in [0.15, 0.2) is 34.9 Å². The molecule has 1 heterocycles. The Morgan fingerprint density at radius 1 is 1.39 bits per heavy atom. The largest absolute Gasteiger partial charge is 0.497 e. The van der Waals surface area contributed by atoms with Crippen molar-refractivity contribution in [3.05, 3.63) is 40.5 Å². The number of benzene rings is 1. The second kappa shape index (κ2) is 5.27. The number of nitrogen functional groups attached to an aromatic ring is 1. The number of nitrogens with one attached hydrogen (secondary N) is 1. The van der Waals surface area contributed by atoms with Crippen molar-refractivity contribution in [2.45, 2.75) is 6.92 Å². The molecule has 3 N–H and O–H groups in total. The molecule has 0 fully saturated rings. The Kier molecular flexibility index (Phi) is 3.72. The predicted octanol–water partition coefficient (Wildman–Crippen LogP) is 3.49. The zero-order valence-corrected chi connectivity index (χ0v) is 11.8. The van der Waals surface area contributed by atoms with Gasteiger partial charge in [0.1, 0.15) is 11.6 Å². The lowest BCUT2D eigenvalue weighted by atomic mass is 10.2. The van der Waals surface area contributed by atoms with Crippen molar-refractivity contribution >= 4 is 33.1 Å². The number of nitrogens with zero attached hydrogens (tertiary/aromatic N) is 1. The van der Waals surface area contributed by atoms with Gasteiger partial charge in [-0.1, -0.05) is 6.07 Å². The highest BCUT2D eigenvalue weighted by molar-refractivity contribution is 9.10. The number of ether oxygens (including phenoxy) is 1. The van der Waals surface area contributed by atoms with Gasteiger partial charge >= 0.3 is 0 Å². The van der Waals surface area contributed by atoms with Crippen LogP contribution in [0.5, 0.6) is 5.75 Å². The summed E-state index contributed by atoms with van der Waals surface area (Å²) in [6, 6.07) is 7.66. The van der Waals surface area contributed by atoms with Crippen LogP contribution in [0.3, 0.4) is 0 Å². The molecular formula is C13H14BrN3O. The zero-order chi connectivity index (χ0) is 13.1. The Bertz CT molecular complexity index is 572. The topological polar surface area (TPSA) is 60.2 Å². The van der Waals surface area contributed by atoms with Gasteiger partial charge in [0, 0.05) is 11.8 Å². The first-order chi connectivity index (χ1) is 8.61. The van der Waals surface area contributed by atoms with Crippen LogP contribution in [0.2, 0.25) is 0 Å². The van der Waals surface area contributed by atoms with Crippen LogP contribution in [0.25, 0.3) is 0 Å². The Labute approximate surface area is 114 Å². The average molecular weight is 308 g/mol. The van der Waals surface area contributed by atoms with Gasteiger partial charge in [-0.2, -0.15) is 0 Å². The Morgan fingerprint density at radius 3 is 2.89 bits per heavy atom. The van der Waals surface area contributed by atoms with Crippen LogP contribution in [0.1, 0.15) is 5.56 Å². The van der Waals surface area contributed by atoms with E-state index in [0.717, 1.165) is 27.3 Å². The maximum atomic E-state index is 5.79. The third-order valence-corrected chi connectivity index (χ3v) is 3.61. The lowest BCUT2D eigenvalue weighted by molar-refractivity contribution is 0.415. The van der Waals surface area contributed by atoms with Gasteiger partial charge in [0.25, 0.3) is 0 Å². The molecule has 0 spiro atoms. The number of rotatable bonds is 3. The Morgan fingerprint density at radius 2 is 2.17 bits per heavy atom. The van der Waals surface area contributed by atoms with Gasteiger partial charge < -0.3 is 15.8 Å². The maximum absolute atomic E-state index is 5.79. The summed E-state index contributed by atoms with van der Waals surface area (Å²) in [7, 11) is 1.64. The fraction of sp³-hybridized carbons (Fsp3) is 0.154. The van der Waals surface area contributed by atoms with Crippen LogP contribution in [-0.4, -0.2) is 12.1 Å². The number of hydrogen-bond acceptors (Lipinski definition) is 4. The zero-order valence-electron chi connectivity index (χ0n) is 10.2. The molecule has 0 radical (unpaired) electrons. The first kappa shape index (κ1) is 12.7. The number of halogens is 1. The van der Waals surface area contributed by atoms with E-state index in [1.807, 2.05) is 31.2 Å². The number of hydrogen-bond donors (Lipinski definition) is 2. The molecule has 0 bridgehead atoms. The molecule has 0 saturated heterocycles. The summed E-state index contributed by atoms with van der Waals surface area (Å²) in [6.45, 7) is 1.94. The summed E-state index contributed by atoms with van der Waals surface area (Å²) in [5, 5.41) is 3.22. The molecule has 0 amide bonds. The molecule has 5 heteroatoms. The highest BCUT2D eigenvalue weighted by atomic mass is 79.9. The second-order valence-corrected chi connectivity index (χ2v) is 4.65. The smallest absolute Gasteiger partial charge is 0.145 e. The van der Waals surface area contributed by atoms with Crippen LogP contribution in [-0.2, 0) is 0 Å². The maximum Gasteiger partial charge on any atom is 0.145 e. The molecule has 2 aromatic rings. The molecule has 1 aromatic heterocycles. The van der Waals surface area contributed by atoms with Gasteiger partial charge in [-0.3, -0.25) is 0 Å². The average Bonchev–Trinajstić information content (AvgIpc) is 2.40. The summed E-state index contributed by atoms with van der Waals surface area (Å²) < 4.78 is 6.04. The molecule has 0 saturated carbocycles. The predicted molar refractivity (Wildman–Crippen MR) is 77.4 cm³/mol. The molecule has 0 atom stereocenters. The fourth-order valence-electron chi connectivity index (χ4n) is 1.52. The number of aromatic nitrogens is 1. The normalized spacial score (nSPS) is 10.2. The van der Waals surface area contributed by atoms with Gasteiger partial charge in [-0.05, 0) is 40.5 Å². The van der Waals surface area contributed by atoms with Gasteiger partial charge in [0.05, 0.1) is 23.5 Å². The summed E-state index contributed by atoms with van der Waals surface area (Å²) in [4.78, 5) is 4.27. The lowest BCUT2D eigenvalue weighted by Gasteiger charge is -2.11. The Balaban J connectivity index is 2.31. The third kappa shape index (κ3) is 2.56. The molecule has 0 aliphatic heterocycles. The van der Waals surface area contributed by atoms with Crippen molar-refractivity contribution in [1.82, 2.24) is 4.98 Å². The number of pyridine rings is 1. The highest BCUT2D eigenvalue weighted by Gasteiger charge is 2.07. The molecule has 4 nitrogen and oxygen atoms in total. The number of anilines is 3. The second-order valence-electron chi connectivity index (χ2n) is 3.86. The summed E-state index contributed by atoms with van der Waals surface area (Å²) in [5.74, 6) is 1.53. The molecular weight excluding hydrogens is 294 g/mol. The van der Waals surface area contributed by atoms with Crippen molar-refractivity contribution in [1.29, 1.82) is 0 Å². The first-order valence-corrected chi connectivity index (χ1v) is 6.22. The van der Waals surface area contributed by atoms with Gasteiger partial charge in [0.15, 0.2) is 0 Å². The summed E-state index contributed by atoms with van der Waals surface area (Å²) >= 11 is 3.49. The van der Waals surface area contributed by atoms with E-state index in [1.54, 1.807) is 13.3 Å². The van der Waals surface area contributed by atoms with Crippen molar-refractivity contribution in [2.75, 3.05) is 18.2 Å². The summed E-state index contributed by atoms with van der Waals surface area (Å²) in [6.07, 6.45) is 1.64. The molecule has 18 heavy (non-hydrogen) atoms. The van der Waals surface area contributed by atoms with Crippen molar-refractivity contribution in [2.24, 2.45) is 0 Å². The van der Waals surface area contributed by atoms with E-state index in [1.165, 1.54) is 0 Å².